The molecule has 0 bridgehead atoms. The van der Waals surface area contributed by atoms with Crippen LogP contribution in [0.1, 0.15) is 53.5 Å². The first-order chi connectivity index (χ1) is 11.5. The quantitative estimate of drug-likeness (QED) is 0.712. The third kappa shape index (κ3) is 4.84. The van der Waals surface area contributed by atoms with Crippen molar-refractivity contribution in [1.82, 2.24) is 15.2 Å². The number of amides is 1. The molecule has 1 saturated heterocycles. The summed E-state index contributed by atoms with van der Waals surface area (Å²) in [5.74, 6) is -0.272. The van der Waals surface area contributed by atoms with Gasteiger partial charge in [0, 0.05) is 25.2 Å². The van der Waals surface area contributed by atoms with Crippen LogP contribution in [0.4, 0.5) is 0 Å². The topological polar surface area (TPSA) is 74.4 Å². The van der Waals surface area contributed by atoms with Crippen molar-refractivity contribution in [2.45, 2.75) is 46.5 Å². The van der Waals surface area contributed by atoms with Crippen molar-refractivity contribution in [1.29, 1.82) is 0 Å². The van der Waals surface area contributed by atoms with Gasteiger partial charge in [-0.05, 0) is 64.3 Å². The summed E-state index contributed by atoms with van der Waals surface area (Å²) in [6, 6.07) is 0. The number of H-pyrrole nitrogens is 1. The molecule has 6 heteroatoms. The second kappa shape index (κ2) is 8.87. The molecular weight excluding hydrogens is 306 g/mol. The van der Waals surface area contributed by atoms with Gasteiger partial charge < -0.3 is 19.9 Å². The van der Waals surface area contributed by atoms with Crippen LogP contribution in [0.15, 0.2) is 0 Å². The average molecular weight is 335 g/mol. The third-order valence-electron chi connectivity index (χ3n) is 4.62. The van der Waals surface area contributed by atoms with E-state index in [4.69, 9.17) is 4.74 Å². The number of esters is 1. The Balaban J connectivity index is 1.80. The Hall–Kier alpha value is -1.82. The molecule has 2 rings (SSSR count). The second-order valence-corrected chi connectivity index (χ2v) is 6.35. The lowest BCUT2D eigenvalue weighted by Gasteiger charge is -2.14. The summed E-state index contributed by atoms with van der Waals surface area (Å²) in [7, 11) is 0. The number of rotatable bonds is 8. The third-order valence-corrected chi connectivity index (χ3v) is 4.62. The van der Waals surface area contributed by atoms with Crippen LogP contribution in [0.3, 0.4) is 0 Å². The number of carbonyl (C=O) groups is 2. The Morgan fingerprint density at radius 1 is 1.25 bits per heavy atom. The number of aromatic amines is 1. The van der Waals surface area contributed by atoms with E-state index in [0.717, 1.165) is 36.5 Å². The van der Waals surface area contributed by atoms with Gasteiger partial charge in [0.25, 0.3) is 0 Å². The first kappa shape index (κ1) is 18.5. The van der Waals surface area contributed by atoms with Crippen LogP contribution in [-0.4, -0.2) is 54.5 Å². The van der Waals surface area contributed by atoms with Crippen LogP contribution in [0.2, 0.25) is 0 Å². The van der Waals surface area contributed by atoms with Gasteiger partial charge in [-0.25, -0.2) is 4.79 Å². The van der Waals surface area contributed by atoms with Crippen molar-refractivity contribution in [3.05, 3.63) is 22.5 Å². The standard InChI is InChI=1S/C18H29N3O3/c1-4-24-18(23)17-13(2)15(14(3)20-17)7-8-16(22)19-9-12-21-10-5-6-11-21/h20H,4-12H2,1-3H3,(H,19,22). The van der Waals surface area contributed by atoms with Crippen LogP contribution >= 0.6 is 0 Å². The fourth-order valence-electron chi connectivity index (χ4n) is 3.26. The molecule has 24 heavy (non-hydrogen) atoms. The highest BCUT2D eigenvalue weighted by Crippen LogP contribution is 2.20. The van der Waals surface area contributed by atoms with Gasteiger partial charge in [-0.2, -0.15) is 0 Å². The molecule has 0 radical (unpaired) electrons. The number of ether oxygens (including phenoxy) is 1. The summed E-state index contributed by atoms with van der Waals surface area (Å²) in [5, 5.41) is 2.99. The van der Waals surface area contributed by atoms with Gasteiger partial charge in [0.2, 0.25) is 5.91 Å². The monoisotopic (exact) mass is 335 g/mol. The van der Waals surface area contributed by atoms with Crippen LogP contribution in [-0.2, 0) is 16.0 Å². The molecular formula is C18H29N3O3. The molecule has 6 nitrogen and oxygen atoms in total. The predicted octanol–water partition coefficient (Wildman–Crippen LogP) is 1.95. The van der Waals surface area contributed by atoms with Gasteiger partial charge in [-0.3, -0.25) is 4.79 Å². The zero-order valence-electron chi connectivity index (χ0n) is 15.0. The summed E-state index contributed by atoms with van der Waals surface area (Å²) in [5.41, 5.74) is 3.35. The molecule has 1 fully saturated rings. The number of likely N-dealkylation sites (tertiary alicyclic amines) is 1. The fourth-order valence-corrected chi connectivity index (χ4v) is 3.26. The Morgan fingerprint density at radius 2 is 1.96 bits per heavy atom. The summed E-state index contributed by atoms with van der Waals surface area (Å²) < 4.78 is 5.05. The molecule has 0 atom stereocenters. The number of aryl methyl sites for hydroxylation is 1. The minimum atomic E-state index is -0.334. The number of hydrogen-bond acceptors (Lipinski definition) is 4. The molecule has 0 saturated carbocycles. The molecule has 1 amide bonds. The predicted molar refractivity (Wildman–Crippen MR) is 93.2 cm³/mol. The first-order valence-electron chi connectivity index (χ1n) is 8.87. The van der Waals surface area contributed by atoms with E-state index in [1.165, 1.54) is 12.8 Å². The average Bonchev–Trinajstić information content (AvgIpc) is 3.15. The highest BCUT2D eigenvalue weighted by molar-refractivity contribution is 5.90. The van der Waals surface area contributed by atoms with Crippen molar-refractivity contribution in [2.75, 3.05) is 32.8 Å². The number of carbonyl (C=O) groups excluding carboxylic acids is 2. The van der Waals surface area contributed by atoms with Gasteiger partial charge in [0.15, 0.2) is 0 Å². The van der Waals surface area contributed by atoms with E-state index < -0.39 is 0 Å². The summed E-state index contributed by atoms with van der Waals surface area (Å²) in [6.45, 7) is 9.90. The van der Waals surface area contributed by atoms with E-state index in [2.05, 4.69) is 15.2 Å². The van der Waals surface area contributed by atoms with Gasteiger partial charge in [0.1, 0.15) is 5.69 Å². The molecule has 0 unspecified atom stereocenters. The zero-order chi connectivity index (χ0) is 17.5. The molecule has 2 heterocycles. The van der Waals surface area contributed by atoms with E-state index in [-0.39, 0.29) is 11.9 Å². The normalized spacial score (nSPS) is 14.8. The SMILES string of the molecule is CCOC(=O)c1[nH]c(C)c(CCC(=O)NCCN2CCCC2)c1C. The second-order valence-electron chi connectivity index (χ2n) is 6.35. The van der Waals surface area contributed by atoms with Crippen molar-refractivity contribution in [2.24, 2.45) is 0 Å². The minimum Gasteiger partial charge on any atom is -0.461 e. The van der Waals surface area contributed by atoms with Crippen LogP contribution < -0.4 is 5.32 Å². The number of nitrogens with one attached hydrogen (secondary N) is 2. The lowest BCUT2D eigenvalue weighted by atomic mass is 10.0. The molecule has 0 aromatic carbocycles. The summed E-state index contributed by atoms with van der Waals surface area (Å²) in [4.78, 5) is 29.4. The molecule has 1 aliphatic heterocycles. The smallest absolute Gasteiger partial charge is 0.355 e. The van der Waals surface area contributed by atoms with E-state index in [9.17, 15) is 9.59 Å². The van der Waals surface area contributed by atoms with E-state index >= 15 is 0 Å². The molecule has 0 aliphatic carbocycles. The first-order valence-corrected chi connectivity index (χ1v) is 8.87. The molecule has 134 valence electrons. The van der Waals surface area contributed by atoms with Gasteiger partial charge in [-0.1, -0.05) is 0 Å². The van der Waals surface area contributed by atoms with Gasteiger partial charge in [-0.15, -0.1) is 0 Å². The van der Waals surface area contributed by atoms with Crippen molar-refractivity contribution in [3.63, 3.8) is 0 Å². The van der Waals surface area contributed by atoms with Crippen LogP contribution in [0.25, 0.3) is 0 Å². The number of hydrogen-bond donors (Lipinski definition) is 2. The van der Waals surface area contributed by atoms with Crippen LogP contribution in [0.5, 0.6) is 0 Å². The van der Waals surface area contributed by atoms with E-state index in [1.807, 2.05) is 13.8 Å². The summed E-state index contributed by atoms with van der Waals surface area (Å²) in [6.07, 6.45) is 3.59. The highest BCUT2D eigenvalue weighted by Gasteiger charge is 2.18. The number of aromatic nitrogens is 1. The van der Waals surface area contributed by atoms with Crippen molar-refractivity contribution >= 4 is 11.9 Å². The Kier molecular flexibility index (Phi) is 6.85. The molecule has 1 aromatic rings. The maximum atomic E-state index is 12.0. The molecule has 1 aliphatic rings. The fraction of sp³-hybridized carbons (Fsp3) is 0.667. The zero-order valence-corrected chi connectivity index (χ0v) is 15.0. The Labute approximate surface area is 143 Å². The van der Waals surface area contributed by atoms with E-state index in [0.29, 0.717) is 31.7 Å². The molecule has 1 aromatic heterocycles. The lowest BCUT2D eigenvalue weighted by Crippen LogP contribution is -2.33. The van der Waals surface area contributed by atoms with Crippen molar-refractivity contribution < 1.29 is 14.3 Å². The minimum absolute atomic E-state index is 0.0619. The summed E-state index contributed by atoms with van der Waals surface area (Å²) >= 11 is 0. The lowest BCUT2D eigenvalue weighted by molar-refractivity contribution is -0.121. The maximum absolute atomic E-state index is 12.0. The molecule has 0 spiro atoms. The largest absolute Gasteiger partial charge is 0.461 e. The Morgan fingerprint density at radius 3 is 2.62 bits per heavy atom. The van der Waals surface area contributed by atoms with E-state index in [1.54, 1.807) is 6.92 Å². The molecule has 2 N–H and O–H groups in total. The van der Waals surface area contributed by atoms with Gasteiger partial charge in [0.05, 0.1) is 6.61 Å². The highest BCUT2D eigenvalue weighted by atomic mass is 16.5. The van der Waals surface area contributed by atoms with Gasteiger partial charge >= 0.3 is 5.97 Å². The van der Waals surface area contributed by atoms with Crippen LogP contribution in [0, 0.1) is 13.8 Å². The Bertz CT molecular complexity index is 574. The van der Waals surface area contributed by atoms with Crippen molar-refractivity contribution in [3.8, 4) is 0 Å². The number of nitrogens with zero attached hydrogens (tertiary/aromatic N) is 1. The maximum Gasteiger partial charge on any atom is 0.355 e.